The van der Waals surface area contributed by atoms with E-state index in [9.17, 15) is 9.59 Å². The third kappa shape index (κ3) is 4.55. The van der Waals surface area contributed by atoms with Crippen LogP contribution in [0.2, 0.25) is 0 Å². The third-order valence-corrected chi connectivity index (χ3v) is 6.05. The summed E-state index contributed by atoms with van der Waals surface area (Å²) in [7, 11) is 0. The van der Waals surface area contributed by atoms with Gasteiger partial charge in [0, 0.05) is 83.7 Å². The van der Waals surface area contributed by atoms with Gasteiger partial charge in [0.1, 0.15) is 11.2 Å². The quantitative estimate of drug-likeness (QED) is 0.301. The Morgan fingerprint density at radius 2 is 1.00 bits per heavy atom. The standard InChI is InChI=1S/C28H28N2O4/c1-5-29(6-2)21-11-13-23-19(15-27(31)33-25(23)17-21)9-10-20-16-28(32)34-26-18-22(12-14-24(20)26)30(7-3)8-4/h11-18H,5-8H2,1-4H3. The zero-order valence-corrected chi connectivity index (χ0v) is 20.0. The first-order valence-corrected chi connectivity index (χ1v) is 11.6. The van der Waals surface area contributed by atoms with Gasteiger partial charge in [-0.15, -0.1) is 0 Å². The maximum atomic E-state index is 12.2. The highest BCUT2D eigenvalue weighted by molar-refractivity contribution is 5.88. The van der Waals surface area contributed by atoms with Crippen LogP contribution < -0.4 is 21.1 Å². The van der Waals surface area contributed by atoms with E-state index in [1.54, 1.807) is 0 Å². The van der Waals surface area contributed by atoms with Gasteiger partial charge in [0.25, 0.3) is 0 Å². The molecule has 0 unspecified atom stereocenters. The molecule has 6 heteroatoms. The number of hydrogen-bond acceptors (Lipinski definition) is 6. The number of hydrogen-bond donors (Lipinski definition) is 0. The second-order valence-electron chi connectivity index (χ2n) is 7.91. The summed E-state index contributed by atoms with van der Waals surface area (Å²) in [5.74, 6) is 6.17. The van der Waals surface area contributed by atoms with Gasteiger partial charge in [-0.25, -0.2) is 9.59 Å². The Labute approximate surface area is 198 Å². The minimum Gasteiger partial charge on any atom is -0.423 e. The predicted molar refractivity (Wildman–Crippen MR) is 138 cm³/mol. The van der Waals surface area contributed by atoms with Crippen molar-refractivity contribution in [3.05, 3.63) is 80.5 Å². The fourth-order valence-corrected chi connectivity index (χ4v) is 4.22. The molecule has 2 aromatic carbocycles. The molecule has 0 aliphatic carbocycles. The van der Waals surface area contributed by atoms with Gasteiger partial charge >= 0.3 is 11.3 Å². The van der Waals surface area contributed by atoms with E-state index in [0.717, 1.165) is 48.3 Å². The number of fused-ring (bicyclic) bond motifs is 2. The molecule has 0 aliphatic heterocycles. The first-order chi connectivity index (χ1) is 16.5. The summed E-state index contributed by atoms with van der Waals surface area (Å²) in [6.07, 6.45) is 0. The molecule has 174 valence electrons. The lowest BCUT2D eigenvalue weighted by atomic mass is 10.1. The van der Waals surface area contributed by atoms with Crippen LogP contribution in [-0.4, -0.2) is 26.2 Å². The molecular formula is C28H28N2O4. The smallest absolute Gasteiger partial charge is 0.337 e. The van der Waals surface area contributed by atoms with Crippen molar-refractivity contribution in [1.82, 2.24) is 0 Å². The molecule has 0 aliphatic rings. The lowest BCUT2D eigenvalue weighted by Gasteiger charge is -2.21. The van der Waals surface area contributed by atoms with Crippen LogP contribution in [0.25, 0.3) is 21.9 Å². The van der Waals surface area contributed by atoms with E-state index in [2.05, 4.69) is 49.3 Å². The molecule has 0 radical (unpaired) electrons. The van der Waals surface area contributed by atoms with Gasteiger partial charge in [-0.3, -0.25) is 0 Å². The van der Waals surface area contributed by atoms with Crippen molar-refractivity contribution in [3.8, 4) is 11.8 Å². The van der Waals surface area contributed by atoms with Crippen molar-refractivity contribution in [1.29, 1.82) is 0 Å². The topological polar surface area (TPSA) is 66.9 Å². The van der Waals surface area contributed by atoms with Crippen molar-refractivity contribution >= 4 is 33.3 Å². The van der Waals surface area contributed by atoms with E-state index in [-0.39, 0.29) is 0 Å². The zero-order valence-electron chi connectivity index (χ0n) is 20.0. The molecule has 4 rings (SSSR count). The lowest BCUT2D eigenvalue weighted by molar-refractivity contribution is 0.560. The van der Waals surface area contributed by atoms with Crippen LogP contribution in [0.4, 0.5) is 11.4 Å². The van der Waals surface area contributed by atoms with Gasteiger partial charge in [-0.05, 0) is 52.0 Å². The minimum atomic E-state index is -0.463. The minimum absolute atomic E-state index is 0.463. The molecule has 2 heterocycles. The lowest BCUT2D eigenvalue weighted by Crippen LogP contribution is -2.21. The van der Waals surface area contributed by atoms with E-state index in [1.807, 2.05) is 36.4 Å². The van der Waals surface area contributed by atoms with E-state index in [0.29, 0.717) is 22.3 Å². The first kappa shape index (κ1) is 23.2. The van der Waals surface area contributed by atoms with Crippen molar-refractivity contribution in [2.24, 2.45) is 0 Å². The molecule has 34 heavy (non-hydrogen) atoms. The first-order valence-electron chi connectivity index (χ1n) is 11.6. The summed E-state index contributed by atoms with van der Waals surface area (Å²) in [6.45, 7) is 11.7. The van der Waals surface area contributed by atoms with E-state index < -0.39 is 11.3 Å². The molecule has 0 N–H and O–H groups in total. The molecule has 0 spiro atoms. The van der Waals surface area contributed by atoms with Crippen molar-refractivity contribution in [2.75, 3.05) is 36.0 Å². The van der Waals surface area contributed by atoms with E-state index >= 15 is 0 Å². The molecule has 0 fully saturated rings. The monoisotopic (exact) mass is 456 g/mol. The molecule has 0 amide bonds. The van der Waals surface area contributed by atoms with Gasteiger partial charge < -0.3 is 18.6 Å². The highest BCUT2D eigenvalue weighted by atomic mass is 16.4. The summed E-state index contributed by atoms with van der Waals surface area (Å²) >= 11 is 0. The average Bonchev–Trinajstić information content (AvgIpc) is 2.83. The summed E-state index contributed by atoms with van der Waals surface area (Å²) in [4.78, 5) is 28.8. The molecule has 0 saturated heterocycles. The normalized spacial score (nSPS) is 10.8. The van der Waals surface area contributed by atoms with Crippen LogP contribution in [0.3, 0.4) is 0 Å². The van der Waals surface area contributed by atoms with E-state index in [1.165, 1.54) is 12.1 Å². The molecule has 2 aromatic heterocycles. The summed E-state index contributed by atoms with van der Waals surface area (Å²) in [5, 5.41) is 1.50. The highest BCUT2D eigenvalue weighted by Crippen LogP contribution is 2.25. The van der Waals surface area contributed by atoms with Crippen LogP contribution >= 0.6 is 0 Å². The van der Waals surface area contributed by atoms with Crippen LogP contribution in [0, 0.1) is 11.8 Å². The Bertz CT molecular complexity index is 1400. The maximum absolute atomic E-state index is 12.2. The summed E-state index contributed by atoms with van der Waals surface area (Å²) < 4.78 is 10.9. The second-order valence-corrected chi connectivity index (χ2v) is 7.91. The van der Waals surface area contributed by atoms with Gasteiger partial charge in [0.2, 0.25) is 0 Å². The van der Waals surface area contributed by atoms with Gasteiger partial charge in [-0.2, -0.15) is 0 Å². The Morgan fingerprint density at radius 1 is 0.618 bits per heavy atom. The molecular weight excluding hydrogens is 428 g/mol. The number of nitrogens with zero attached hydrogens (tertiary/aromatic N) is 2. The number of benzene rings is 2. The van der Waals surface area contributed by atoms with Crippen molar-refractivity contribution in [2.45, 2.75) is 27.7 Å². The van der Waals surface area contributed by atoms with Gasteiger partial charge in [0.15, 0.2) is 0 Å². The molecule has 4 aromatic rings. The Morgan fingerprint density at radius 3 is 1.35 bits per heavy atom. The second kappa shape index (κ2) is 9.88. The Kier molecular flexibility index (Phi) is 6.74. The Balaban J connectivity index is 1.82. The fraction of sp³-hybridized carbons (Fsp3) is 0.286. The van der Waals surface area contributed by atoms with Crippen LogP contribution in [0.5, 0.6) is 0 Å². The highest BCUT2D eigenvalue weighted by Gasteiger charge is 2.10. The summed E-state index contributed by atoms with van der Waals surface area (Å²) in [5.41, 5.74) is 3.13. The largest absolute Gasteiger partial charge is 0.423 e. The van der Waals surface area contributed by atoms with Crippen LogP contribution in [0.1, 0.15) is 38.8 Å². The van der Waals surface area contributed by atoms with Gasteiger partial charge in [0.05, 0.1) is 0 Å². The molecule has 0 atom stereocenters. The average molecular weight is 457 g/mol. The van der Waals surface area contributed by atoms with Crippen molar-refractivity contribution < 1.29 is 8.83 Å². The number of anilines is 2. The molecule has 0 saturated carbocycles. The van der Waals surface area contributed by atoms with Crippen LogP contribution in [-0.2, 0) is 0 Å². The van der Waals surface area contributed by atoms with E-state index in [4.69, 9.17) is 8.83 Å². The molecule has 6 nitrogen and oxygen atoms in total. The zero-order chi connectivity index (χ0) is 24.2. The van der Waals surface area contributed by atoms with Crippen molar-refractivity contribution in [3.63, 3.8) is 0 Å². The summed E-state index contributed by atoms with van der Waals surface area (Å²) in [6, 6.07) is 14.4. The predicted octanol–water partition coefficient (Wildman–Crippen LogP) is 4.99. The molecule has 0 bridgehead atoms. The SMILES string of the molecule is CCN(CC)c1ccc2c(C#Cc3cc(=O)oc4cc(N(CC)CC)ccc34)cc(=O)oc2c1. The van der Waals surface area contributed by atoms with Crippen LogP contribution in [0.15, 0.2) is 67.0 Å². The Hall–Kier alpha value is -3.98. The van der Waals surface area contributed by atoms with Gasteiger partial charge in [-0.1, -0.05) is 11.8 Å². The third-order valence-electron chi connectivity index (χ3n) is 6.05. The maximum Gasteiger partial charge on any atom is 0.337 e. The number of rotatable bonds is 6. The fourth-order valence-electron chi connectivity index (χ4n) is 4.22.